The van der Waals surface area contributed by atoms with Crippen molar-refractivity contribution in [3.8, 4) is 0 Å². The molecule has 0 aliphatic heterocycles. The van der Waals surface area contributed by atoms with Gasteiger partial charge in [-0.25, -0.2) is 8.42 Å². The number of carbonyl (C=O) groups is 2. The Kier molecular flexibility index (Phi) is 9.75. The van der Waals surface area contributed by atoms with Gasteiger partial charge in [0, 0.05) is 22.6 Å². The quantitative estimate of drug-likeness (QED) is 0.346. The molecule has 3 aromatic carbocycles. The maximum absolute atomic E-state index is 13.8. The molecule has 10 heteroatoms. The molecule has 2 amide bonds. The number of nitrogens with one attached hydrogen (secondary N) is 1. The lowest BCUT2D eigenvalue weighted by Gasteiger charge is -2.32. The molecule has 0 spiro atoms. The third kappa shape index (κ3) is 7.34. The molecule has 0 fully saturated rings. The van der Waals surface area contributed by atoms with Crippen LogP contribution in [0.5, 0.6) is 0 Å². The summed E-state index contributed by atoms with van der Waals surface area (Å²) >= 11 is 9.61. The largest absolute Gasteiger partial charge is 0.355 e. The van der Waals surface area contributed by atoms with E-state index in [2.05, 4.69) is 21.2 Å². The SMILES string of the molecule is CCNC(=O)[C@H](C)N(Cc1cccc(Br)c1)C(=O)CN(c1cccc(Cl)c1)S(=O)(=O)c1ccc(C)cc1. The third-order valence-electron chi connectivity index (χ3n) is 5.74. The monoisotopic (exact) mass is 605 g/mol. The maximum atomic E-state index is 13.8. The van der Waals surface area contributed by atoms with Gasteiger partial charge in [-0.05, 0) is 68.8 Å². The number of halogens is 2. The number of hydrogen-bond donors (Lipinski definition) is 1. The topological polar surface area (TPSA) is 86.8 Å². The maximum Gasteiger partial charge on any atom is 0.264 e. The van der Waals surface area contributed by atoms with Crippen LogP contribution in [-0.4, -0.2) is 44.3 Å². The van der Waals surface area contributed by atoms with E-state index in [1.807, 2.05) is 31.2 Å². The molecule has 0 aromatic heterocycles. The van der Waals surface area contributed by atoms with Crippen molar-refractivity contribution in [2.45, 2.75) is 38.3 Å². The predicted octanol–water partition coefficient (Wildman–Crippen LogP) is 5.16. The van der Waals surface area contributed by atoms with E-state index in [0.717, 1.165) is 19.9 Å². The summed E-state index contributed by atoms with van der Waals surface area (Å²) < 4.78 is 29.4. The first-order chi connectivity index (χ1) is 17.5. The Labute approximate surface area is 231 Å². The summed E-state index contributed by atoms with van der Waals surface area (Å²) in [5.41, 5.74) is 1.93. The van der Waals surface area contributed by atoms with E-state index in [9.17, 15) is 18.0 Å². The Hall–Kier alpha value is -2.88. The van der Waals surface area contributed by atoms with Crippen LogP contribution < -0.4 is 9.62 Å². The van der Waals surface area contributed by atoms with E-state index >= 15 is 0 Å². The van der Waals surface area contributed by atoms with Gasteiger partial charge >= 0.3 is 0 Å². The van der Waals surface area contributed by atoms with Crippen LogP contribution in [0.3, 0.4) is 0 Å². The van der Waals surface area contributed by atoms with Crippen LogP contribution in [0.4, 0.5) is 5.69 Å². The Morgan fingerprint density at radius 3 is 2.32 bits per heavy atom. The first-order valence-corrected chi connectivity index (χ1v) is 14.3. The zero-order valence-electron chi connectivity index (χ0n) is 20.8. The average molecular weight is 607 g/mol. The highest BCUT2D eigenvalue weighted by Gasteiger charge is 2.32. The second-order valence-electron chi connectivity index (χ2n) is 8.53. The summed E-state index contributed by atoms with van der Waals surface area (Å²) in [6, 6.07) is 19.3. The zero-order chi connectivity index (χ0) is 27.2. The molecule has 0 aliphatic carbocycles. The molecule has 0 heterocycles. The van der Waals surface area contributed by atoms with E-state index in [4.69, 9.17) is 11.6 Å². The Morgan fingerprint density at radius 1 is 1.03 bits per heavy atom. The molecule has 0 saturated carbocycles. The van der Waals surface area contributed by atoms with Crippen LogP contribution in [0.15, 0.2) is 82.2 Å². The van der Waals surface area contributed by atoms with Crippen LogP contribution in [-0.2, 0) is 26.2 Å². The second kappa shape index (κ2) is 12.6. The Morgan fingerprint density at radius 2 is 1.70 bits per heavy atom. The Balaban J connectivity index is 2.03. The minimum Gasteiger partial charge on any atom is -0.355 e. The van der Waals surface area contributed by atoms with Crippen LogP contribution >= 0.6 is 27.5 Å². The summed E-state index contributed by atoms with van der Waals surface area (Å²) in [5.74, 6) is -0.865. The van der Waals surface area contributed by atoms with Crippen LogP contribution in [0.2, 0.25) is 5.02 Å². The van der Waals surface area contributed by atoms with Crippen molar-refractivity contribution in [3.05, 3.63) is 93.4 Å². The number of benzene rings is 3. The fraction of sp³-hybridized carbons (Fsp3) is 0.259. The van der Waals surface area contributed by atoms with Gasteiger partial charge in [0.2, 0.25) is 11.8 Å². The molecule has 0 unspecified atom stereocenters. The van der Waals surface area contributed by atoms with Gasteiger partial charge in [0.25, 0.3) is 10.0 Å². The number of likely N-dealkylation sites (N-methyl/N-ethyl adjacent to an activating group) is 1. The third-order valence-corrected chi connectivity index (χ3v) is 8.26. The molecule has 7 nitrogen and oxygen atoms in total. The van der Waals surface area contributed by atoms with Crippen molar-refractivity contribution >= 4 is 55.1 Å². The number of rotatable bonds is 10. The lowest BCUT2D eigenvalue weighted by Crippen LogP contribution is -2.51. The van der Waals surface area contributed by atoms with E-state index in [1.54, 1.807) is 44.2 Å². The summed E-state index contributed by atoms with van der Waals surface area (Å²) in [7, 11) is -4.13. The number of anilines is 1. The molecular weight excluding hydrogens is 578 g/mol. The van der Waals surface area contributed by atoms with Crippen molar-refractivity contribution in [1.82, 2.24) is 10.2 Å². The number of carbonyl (C=O) groups excluding carboxylic acids is 2. The molecule has 3 rings (SSSR count). The van der Waals surface area contributed by atoms with E-state index in [0.29, 0.717) is 11.6 Å². The minimum atomic E-state index is -4.13. The van der Waals surface area contributed by atoms with Gasteiger partial charge in [-0.3, -0.25) is 13.9 Å². The number of aryl methyl sites for hydroxylation is 1. The molecule has 37 heavy (non-hydrogen) atoms. The molecule has 3 aromatic rings. The smallest absolute Gasteiger partial charge is 0.264 e. The zero-order valence-corrected chi connectivity index (χ0v) is 24.0. The van der Waals surface area contributed by atoms with Crippen molar-refractivity contribution < 1.29 is 18.0 Å². The average Bonchev–Trinajstić information content (AvgIpc) is 2.85. The molecule has 1 atom stereocenters. The lowest BCUT2D eigenvalue weighted by atomic mass is 10.1. The molecule has 1 N–H and O–H groups in total. The highest BCUT2D eigenvalue weighted by molar-refractivity contribution is 9.10. The van der Waals surface area contributed by atoms with Gasteiger partial charge in [-0.15, -0.1) is 0 Å². The van der Waals surface area contributed by atoms with E-state index < -0.39 is 28.5 Å². The molecule has 0 saturated heterocycles. The van der Waals surface area contributed by atoms with Gasteiger partial charge < -0.3 is 10.2 Å². The van der Waals surface area contributed by atoms with E-state index in [-0.39, 0.29) is 23.0 Å². The second-order valence-corrected chi connectivity index (χ2v) is 11.7. The predicted molar refractivity (Wildman–Crippen MR) is 150 cm³/mol. The van der Waals surface area contributed by atoms with Gasteiger partial charge in [-0.1, -0.05) is 63.4 Å². The first kappa shape index (κ1) is 28.7. The normalized spacial score (nSPS) is 12.0. The van der Waals surface area contributed by atoms with Gasteiger partial charge in [0.05, 0.1) is 10.6 Å². The Bertz CT molecular complexity index is 1370. The molecule has 0 bridgehead atoms. The highest BCUT2D eigenvalue weighted by atomic mass is 79.9. The number of hydrogen-bond acceptors (Lipinski definition) is 4. The summed E-state index contributed by atoms with van der Waals surface area (Å²) in [4.78, 5) is 27.9. The molecule has 0 radical (unpaired) electrons. The lowest BCUT2D eigenvalue weighted by molar-refractivity contribution is -0.139. The van der Waals surface area contributed by atoms with Crippen LogP contribution in [0.1, 0.15) is 25.0 Å². The highest BCUT2D eigenvalue weighted by Crippen LogP contribution is 2.27. The number of sulfonamides is 1. The number of nitrogens with zero attached hydrogens (tertiary/aromatic N) is 2. The van der Waals surface area contributed by atoms with Gasteiger partial charge in [0.15, 0.2) is 0 Å². The van der Waals surface area contributed by atoms with E-state index in [1.165, 1.54) is 23.1 Å². The number of amides is 2. The van der Waals surface area contributed by atoms with Crippen LogP contribution in [0.25, 0.3) is 0 Å². The molecule has 196 valence electrons. The molecular formula is C27H29BrClN3O4S. The fourth-order valence-electron chi connectivity index (χ4n) is 3.73. The van der Waals surface area contributed by atoms with Gasteiger partial charge in [0.1, 0.15) is 12.6 Å². The summed E-state index contributed by atoms with van der Waals surface area (Å²) in [6.07, 6.45) is 0. The van der Waals surface area contributed by atoms with Crippen molar-refractivity contribution in [2.24, 2.45) is 0 Å². The summed E-state index contributed by atoms with van der Waals surface area (Å²) in [6.45, 7) is 5.27. The fourth-order valence-corrected chi connectivity index (χ4v) is 5.77. The van der Waals surface area contributed by atoms with Crippen molar-refractivity contribution in [2.75, 3.05) is 17.4 Å². The first-order valence-electron chi connectivity index (χ1n) is 11.7. The molecule has 0 aliphatic rings. The minimum absolute atomic E-state index is 0.0428. The van der Waals surface area contributed by atoms with Crippen molar-refractivity contribution in [1.29, 1.82) is 0 Å². The van der Waals surface area contributed by atoms with Crippen LogP contribution in [0, 0.1) is 6.92 Å². The standard InChI is InChI=1S/C27H29BrClN3O4S/c1-4-30-27(34)20(3)31(17-21-7-5-8-22(28)15-21)26(33)18-32(24-10-6-9-23(29)16-24)37(35,36)25-13-11-19(2)12-14-25/h5-16,20H,4,17-18H2,1-3H3,(H,30,34)/t20-/m0/s1. The van der Waals surface area contributed by atoms with Gasteiger partial charge in [-0.2, -0.15) is 0 Å². The van der Waals surface area contributed by atoms with Crippen molar-refractivity contribution in [3.63, 3.8) is 0 Å². The summed E-state index contributed by atoms with van der Waals surface area (Å²) in [5, 5.41) is 3.07.